The fourth-order valence-electron chi connectivity index (χ4n) is 3.25. The van der Waals surface area contributed by atoms with Crippen LogP contribution in [-0.2, 0) is 20.4 Å². The zero-order valence-electron chi connectivity index (χ0n) is 12.5. The number of rotatable bonds is 4. The molecule has 1 N–H and O–H groups in total. The van der Waals surface area contributed by atoms with E-state index in [1.54, 1.807) is 11.2 Å². The minimum absolute atomic E-state index is 0.0266. The van der Waals surface area contributed by atoms with Gasteiger partial charge in [-0.3, -0.25) is 13.8 Å². The Hall–Kier alpha value is -0.910. The number of carbonyl (C=O) groups is 2. The highest BCUT2D eigenvalue weighted by Crippen LogP contribution is 2.35. The summed E-state index contributed by atoms with van der Waals surface area (Å²) in [7, 11) is -0.994. The first-order valence-electron chi connectivity index (χ1n) is 7.36. The summed E-state index contributed by atoms with van der Waals surface area (Å²) < 4.78 is 11.6. The van der Waals surface area contributed by atoms with Crippen LogP contribution in [0, 0.1) is 0 Å². The van der Waals surface area contributed by atoms with Crippen molar-refractivity contribution in [3.63, 3.8) is 0 Å². The molecule has 2 amide bonds. The molecule has 0 aromatic rings. The standard InChI is InChI=1S/C14H24N2O3S/c1-4-11-12(17)15-14(7-5-6-8-14)13(18)16(11)9-10(2)20(3)19/h10-11H,4-9H2,1-3H3,(H,15,17). The molecule has 1 saturated carbocycles. The number of hydrogen-bond acceptors (Lipinski definition) is 3. The molecule has 0 radical (unpaired) electrons. The first kappa shape index (κ1) is 15.5. The normalized spacial score (nSPS) is 28.6. The van der Waals surface area contributed by atoms with Crippen LogP contribution in [-0.4, -0.2) is 50.6 Å². The maximum atomic E-state index is 12.8. The van der Waals surface area contributed by atoms with E-state index in [4.69, 9.17) is 0 Å². The molecule has 2 aliphatic rings. The van der Waals surface area contributed by atoms with Crippen LogP contribution in [0.2, 0.25) is 0 Å². The van der Waals surface area contributed by atoms with Gasteiger partial charge in [0.05, 0.1) is 0 Å². The van der Waals surface area contributed by atoms with Crippen LogP contribution >= 0.6 is 0 Å². The number of carbonyl (C=O) groups excluding carboxylic acids is 2. The molecule has 1 aliphatic carbocycles. The van der Waals surface area contributed by atoms with Gasteiger partial charge in [-0.05, 0) is 26.2 Å². The van der Waals surface area contributed by atoms with Crippen molar-refractivity contribution in [2.45, 2.75) is 62.8 Å². The molecule has 1 aliphatic heterocycles. The molecule has 5 nitrogen and oxygen atoms in total. The second kappa shape index (κ2) is 5.84. The smallest absolute Gasteiger partial charge is 0.249 e. The summed E-state index contributed by atoms with van der Waals surface area (Å²) in [4.78, 5) is 26.8. The topological polar surface area (TPSA) is 66.5 Å². The first-order valence-corrected chi connectivity index (χ1v) is 8.98. The molecular weight excluding hydrogens is 276 g/mol. The van der Waals surface area contributed by atoms with Crippen LogP contribution in [0.4, 0.5) is 0 Å². The Bertz CT molecular complexity index is 432. The molecule has 6 heteroatoms. The molecule has 0 bridgehead atoms. The number of hydrogen-bond donors (Lipinski definition) is 1. The molecule has 1 spiro atoms. The zero-order valence-corrected chi connectivity index (χ0v) is 13.3. The van der Waals surface area contributed by atoms with Crippen LogP contribution in [0.25, 0.3) is 0 Å². The molecular formula is C14H24N2O3S. The van der Waals surface area contributed by atoms with Gasteiger partial charge in [0, 0.05) is 28.9 Å². The maximum absolute atomic E-state index is 12.8. The Balaban J connectivity index is 2.25. The van der Waals surface area contributed by atoms with Crippen molar-refractivity contribution in [2.24, 2.45) is 0 Å². The lowest BCUT2D eigenvalue weighted by atomic mass is 9.90. The van der Waals surface area contributed by atoms with E-state index in [-0.39, 0.29) is 17.1 Å². The Morgan fingerprint density at radius 1 is 1.40 bits per heavy atom. The van der Waals surface area contributed by atoms with Crippen LogP contribution in [0.1, 0.15) is 46.0 Å². The number of amides is 2. The molecule has 0 aromatic heterocycles. The van der Waals surface area contributed by atoms with Gasteiger partial charge in [0.15, 0.2) is 0 Å². The van der Waals surface area contributed by atoms with E-state index >= 15 is 0 Å². The molecule has 1 heterocycles. The van der Waals surface area contributed by atoms with Crippen LogP contribution in [0.3, 0.4) is 0 Å². The monoisotopic (exact) mass is 300 g/mol. The molecule has 3 unspecified atom stereocenters. The molecule has 0 aromatic carbocycles. The maximum Gasteiger partial charge on any atom is 0.249 e. The fraction of sp³-hybridized carbons (Fsp3) is 0.857. The molecule has 2 fully saturated rings. The van der Waals surface area contributed by atoms with Crippen molar-refractivity contribution in [3.8, 4) is 0 Å². The third-order valence-electron chi connectivity index (χ3n) is 4.58. The van der Waals surface area contributed by atoms with E-state index in [0.717, 1.165) is 25.7 Å². The SMILES string of the molecule is CCC1C(=O)NC2(CCCC2)C(=O)N1CC(C)S(C)=O. The van der Waals surface area contributed by atoms with Gasteiger partial charge >= 0.3 is 0 Å². The summed E-state index contributed by atoms with van der Waals surface area (Å²) in [5.41, 5.74) is -0.683. The zero-order chi connectivity index (χ0) is 14.9. The van der Waals surface area contributed by atoms with Crippen LogP contribution < -0.4 is 5.32 Å². The third-order valence-corrected chi connectivity index (χ3v) is 5.86. The van der Waals surface area contributed by atoms with E-state index < -0.39 is 22.4 Å². The minimum Gasteiger partial charge on any atom is -0.340 e. The van der Waals surface area contributed by atoms with Gasteiger partial charge in [0.2, 0.25) is 11.8 Å². The molecule has 114 valence electrons. The van der Waals surface area contributed by atoms with Crippen LogP contribution in [0.15, 0.2) is 0 Å². The number of piperazine rings is 1. The predicted octanol–water partition coefficient (Wildman–Crippen LogP) is 0.803. The summed E-state index contributed by atoms with van der Waals surface area (Å²) in [5.74, 6) is -0.0261. The lowest BCUT2D eigenvalue weighted by Crippen LogP contribution is -2.70. The van der Waals surface area contributed by atoms with E-state index in [0.29, 0.717) is 13.0 Å². The average Bonchev–Trinajstić information content (AvgIpc) is 2.85. The summed E-state index contributed by atoms with van der Waals surface area (Å²) in [6.07, 6.45) is 5.65. The van der Waals surface area contributed by atoms with Crippen molar-refractivity contribution in [1.82, 2.24) is 10.2 Å². The molecule has 3 atom stereocenters. The Labute approximate surface area is 122 Å². The highest BCUT2D eigenvalue weighted by molar-refractivity contribution is 7.84. The van der Waals surface area contributed by atoms with Gasteiger partial charge in [-0.15, -0.1) is 0 Å². The number of nitrogens with zero attached hydrogens (tertiary/aromatic N) is 1. The van der Waals surface area contributed by atoms with Gasteiger partial charge in [0.25, 0.3) is 0 Å². The van der Waals surface area contributed by atoms with E-state index in [1.165, 1.54) is 0 Å². The van der Waals surface area contributed by atoms with Crippen LogP contribution in [0.5, 0.6) is 0 Å². The molecule has 20 heavy (non-hydrogen) atoms. The van der Waals surface area contributed by atoms with Gasteiger partial charge in [-0.2, -0.15) is 0 Å². The predicted molar refractivity (Wildman–Crippen MR) is 78.7 cm³/mol. The fourth-order valence-corrected chi connectivity index (χ4v) is 3.62. The van der Waals surface area contributed by atoms with Gasteiger partial charge in [0.1, 0.15) is 11.6 Å². The van der Waals surface area contributed by atoms with Gasteiger partial charge < -0.3 is 10.2 Å². The van der Waals surface area contributed by atoms with Crippen molar-refractivity contribution < 1.29 is 13.8 Å². The lowest BCUT2D eigenvalue weighted by Gasteiger charge is -2.45. The highest BCUT2D eigenvalue weighted by atomic mass is 32.2. The van der Waals surface area contributed by atoms with Crippen molar-refractivity contribution in [1.29, 1.82) is 0 Å². The second-order valence-corrected chi connectivity index (χ2v) is 7.77. The largest absolute Gasteiger partial charge is 0.340 e. The van der Waals surface area contributed by atoms with Crippen molar-refractivity contribution in [3.05, 3.63) is 0 Å². The first-order chi connectivity index (χ1) is 9.41. The van der Waals surface area contributed by atoms with Crippen molar-refractivity contribution in [2.75, 3.05) is 12.8 Å². The Kier molecular flexibility index (Phi) is 4.52. The minimum atomic E-state index is -0.994. The van der Waals surface area contributed by atoms with E-state index in [1.807, 2.05) is 13.8 Å². The number of nitrogens with one attached hydrogen (secondary N) is 1. The van der Waals surface area contributed by atoms with E-state index in [9.17, 15) is 13.8 Å². The summed E-state index contributed by atoms with van der Waals surface area (Å²) in [5, 5.41) is 2.86. The summed E-state index contributed by atoms with van der Waals surface area (Å²) in [6, 6.07) is -0.417. The summed E-state index contributed by atoms with van der Waals surface area (Å²) in [6.45, 7) is 4.17. The van der Waals surface area contributed by atoms with Gasteiger partial charge in [-0.1, -0.05) is 19.8 Å². The Morgan fingerprint density at radius 3 is 2.50 bits per heavy atom. The average molecular weight is 300 g/mol. The lowest BCUT2D eigenvalue weighted by molar-refractivity contribution is -0.154. The Morgan fingerprint density at radius 2 is 2.00 bits per heavy atom. The van der Waals surface area contributed by atoms with E-state index in [2.05, 4.69) is 5.32 Å². The van der Waals surface area contributed by atoms with Gasteiger partial charge in [-0.25, -0.2) is 0 Å². The van der Waals surface area contributed by atoms with Crippen molar-refractivity contribution >= 4 is 22.6 Å². The third kappa shape index (κ3) is 2.62. The quantitative estimate of drug-likeness (QED) is 0.835. The highest BCUT2D eigenvalue weighted by Gasteiger charge is 2.51. The summed E-state index contributed by atoms with van der Waals surface area (Å²) >= 11 is 0. The molecule has 2 rings (SSSR count). The molecule has 1 saturated heterocycles. The second-order valence-electron chi connectivity index (χ2n) is 5.97.